The van der Waals surface area contributed by atoms with Crippen LogP contribution in [0.4, 0.5) is 0 Å². The zero-order chi connectivity index (χ0) is 9.68. The van der Waals surface area contributed by atoms with Crippen LogP contribution in [0.3, 0.4) is 0 Å². The fourth-order valence-electron chi connectivity index (χ4n) is 0.978. The molecule has 0 saturated carbocycles. The van der Waals surface area contributed by atoms with E-state index in [0.29, 0.717) is 0 Å². The molecule has 0 fully saturated rings. The van der Waals surface area contributed by atoms with Gasteiger partial charge in [-0.3, -0.25) is 4.98 Å². The maximum absolute atomic E-state index is 10.7. The van der Waals surface area contributed by atoms with E-state index in [-0.39, 0.29) is 10.5 Å². The number of pyridine rings is 1. The minimum atomic E-state index is -0.127. The molecule has 2 unspecified atom stereocenters. The number of thiol groups is 1. The molecule has 0 radical (unpaired) electrons. The highest BCUT2D eigenvalue weighted by Gasteiger charge is 2.18. The van der Waals surface area contributed by atoms with Gasteiger partial charge in [-0.05, 0) is 18.4 Å². The zero-order valence-corrected chi connectivity index (χ0v) is 8.96. The molecule has 0 aliphatic rings. The van der Waals surface area contributed by atoms with Crippen LogP contribution in [0.2, 0.25) is 0 Å². The van der Waals surface area contributed by atoms with Gasteiger partial charge in [0.05, 0.1) is 16.2 Å². The second-order valence-corrected chi connectivity index (χ2v) is 4.11. The molecule has 0 amide bonds. The predicted octanol–water partition coefficient (Wildman–Crippen LogP) is 1.98. The maximum atomic E-state index is 10.7. The van der Waals surface area contributed by atoms with Gasteiger partial charge in [0.1, 0.15) is 6.29 Å². The first-order chi connectivity index (χ1) is 6.29. The van der Waals surface area contributed by atoms with Gasteiger partial charge in [-0.2, -0.15) is 24.4 Å². The van der Waals surface area contributed by atoms with Crippen molar-refractivity contribution in [2.75, 3.05) is 6.26 Å². The molecule has 0 aliphatic heterocycles. The topological polar surface area (TPSA) is 30.0 Å². The van der Waals surface area contributed by atoms with Gasteiger partial charge in [0, 0.05) is 6.20 Å². The summed E-state index contributed by atoms with van der Waals surface area (Å²) >= 11 is 5.85. The Morgan fingerprint density at radius 1 is 1.62 bits per heavy atom. The largest absolute Gasteiger partial charge is 0.302 e. The summed E-state index contributed by atoms with van der Waals surface area (Å²) in [6.45, 7) is 0. The molecule has 13 heavy (non-hydrogen) atoms. The molecule has 70 valence electrons. The second kappa shape index (κ2) is 5.29. The third kappa shape index (κ3) is 2.74. The SMILES string of the molecule is CSC(C=O)C(S)c1ccccn1. The molecule has 2 nitrogen and oxygen atoms in total. The number of thioether (sulfide) groups is 1. The number of hydrogen-bond acceptors (Lipinski definition) is 4. The Hall–Kier alpha value is -0.480. The Bertz CT molecular complexity index is 266. The summed E-state index contributed by atoms with van der Waals surface area (Å²) in [4.78, 5) is 14.8. The van der Waals surface area contributed by atoms with Crippen LogP contribution in [-0.4, -0.2) is 22.8 Å². The van der Waals surface area contributed by atoms with Crippen molar-refractivity contribution in [1.29, 1.82) is 0 Å². The van der Waals surface area contributed by atoms with E-state index >= 15 is 0 Å². The fraction of sp³-hybridized carbons (Fsp3) is 0.333. The van der Waals surface area contributed by atoms with Gasteiger partial charge < -0.3 is 4.79 Å². The summed E-state index contributed by atoms with van der Waals surface area (Å²) in [5, 5.41) is -0.244. The molecular formula is C9H11NOS2. The highest BCUT2D eigenvalue weighted by atomic mass is 32.2. The third-order valence-electron chi connectivity index (χ3n) is 1.71. The number of aldehydes is 1. The Morgan fingerprint density at radius 2 is 2.38 bits per heavy atom. The lowest BCUT2D eigenvalue weighted by Crippen LogP contribution is -2.12. The first-order valence-electron chi connectivity index (χ1n) is 3.86. The predicted molar refractivity (Wildman–Crippen MR) is 59.3 cm³/mol. The van der Waals surface area contributed by atoms with Gasteiger partial charge in [0.15, 0.2) is 0 Å². The minimum absolute atomic E-state index is 0.117. The normalized spacial score (nSPS) is 14.9. The van der Waals surface area contributed by atoms with Gasteiger partial charge in [-0.15, -0.1) is 0 Å². The van der Waals surface area contributed by atoms with E-state index in [9.17, 15) is 4.79 Å². The summed E-state index contributed by atoms with van der Waals surface area (Å²) in [5.41, 5.74) is 0.845. The standard InChI is InChI=1S/C9H11NOS2/c1-13-8(6-11)9(12)7-4-2-3-5-10-7/h2-6,8-9,12H,1H3. The number of nitrogens with zero attached hydrogens (tertiary/aromatic N) is 1. The average molecular weight is 213 g/mol. The fourth-order valence-corrected chi connectivity index (χ4v) is 2.07. The van der Waals surface area contributed by atoms with Crippen molar-refractivity contribution in [3.8, 4) is 0 Å². The number of carbonyl (C=O) groups excluding carboxylic acids is 1. The smallest absolute Gasteiger partial charge is 0.134 e. The monoisotopic (exact) mass is 213 g/mol. The maximum Gasteiger partial charge on any atom is 0.134 e. The minimum Gasteiger partial charge on any atom is -0.302 e. The molecule has 1 rings (SSSR count). The Morgan fingerprint density at radius 3 is 2.85 bits per heavy atom. The van der Waals surface area contributed by atoms with Crippen LogP contribution in [-0.2, 0) is 4.79 Å². The van der Waals surface area contributed by atoms with Crippen molar-refractivity contribution in [3.63, 3.8) is 0 Å². The Kier molecular flexibility index (Phi) is 4.32. The first kappa shape index (κ1) is 10.6. The van der Waals surface area contributed by atoms with Crippen LogP contribution in [0.25, 0.3) is 0 Å². The lowest BCUT2D eigenvalue weighted by molar-refractivity contribution is -0.107. The number of aromatic nitrogens is 1. The zero-order valence-electron chi connectivity index (χ0n) is 7.25. The van der Waals surface area contributed by atoms with E-state index in [4.69, 9.17) is 0 Å². The van der Waals surface area contributed by atoms with Crippen molar-refractivity contribution in [2.24, 2.45) is 0 Å². The van der Waals surface area contributed by atoms with E-state index in [2.05, 4.69) is 17.6 Å². The van der Waals surface area contributed by atoms with Gasteiger partial charge in [0.25, 0.3) is 0 Å². The molecule has 0 aliphatic carbocycles. The lowest BCUT2D eigenvalue weighted by atomic mass is 10.2. The summed E-state index contributed by atoms with van der Waals surface area (Å²) in [6.07, 6.45) is 4.52. The molecule has 4 heteroatoms. The van der Waals surface area contributed by atoms with Crippen LogP contribution < -0.4 is 0 Å². The van der Waals surface area contributed by atoms with Gasteiger partial charge in [0.2, 0.25) is 0 Å². The lowest BCUT2D eigenvalue weighted by Gasteiger charge is -2.14. The van der Waals surface area contributed by atoms with Crippen molar-refractivity contribution in [3.05, 3.63) is 30.1 Å². The van der Waals surface area contributed by atoms with E-state index < -0.39 is 0 Å². The summed E-state index contributed by atoms with van der Waals surface area (Å²) in [6, 6.07) is 5.62. The Labute approximate surface area is 87.6 Å². The van der Waals surface area contributed by atoms with Gasteiger partial charge >= 0.3 is 0 Å². The van der Waals surface area contributed by atoms with Crippen LogP contribution in [0.5, 0.6) is 0 Å². The highest BCUT2D eigenvalue weighted by Crippen LogP contribution is 2.27. The molecule has 0 bridgehead atoms. The molecule has 0 spiro atoms. The molecular weight excluding hydrogens is 202 g/mol. The van der Waals surface area contributed by atoms with Crippen molar-refractivity contribution in [1.82, 2.24) is 4.98 Å². The summed E-state index contributed by atoms with van der Waals surface area (Å²) in [5.74, 6) is 0. The van der Waals surface area contributed by atoms with Crippen LogP contribution in [0, 0.1) is 0 Å². The van der Waals surface area contributed by atoms with Gasteiger partial charge in [-0.25, -0.2) is 0 Å². The van der Waals surface area contributed by atoms with Crippen molar-refractivity contribution >= 4 is 30.7 Å². The highest BCUT2D eigenvalue weighted by molar-refractivity contribution is 8.00. The molecule has 2 atom stereocenters. The van der Waals surface area contributed by atoms with E-state index in [1.54, 1.807) is 6.20 Å². The molecule has 1 heterocycles. The molecule has 0 aromatic carbocycles. The van der Waals surface area contributed by atoms with Crippen LogP contribution in [0.1, 0.15) is 10.9 Å². The van der Waals surface area contributed by atoms with Crippen molar-refractivity contribution in [2.45, 2.75) is 10.5 Å². The average Bonchev–Trinajstić information content (AvgIpc) is 2.21. The van der Waals surface area contributed by atoms with E-state index in [1.165, 1.54) is 11.8 Å². The third-order valence-corrected chi connectivity index (χ3v) is 3.42. The molecule has 1 aromatic rings. The molecule has 0 N–H and O–H groups in total. The van der Waals surface area contributed by atoms with E-state index in [0.717, 1.165) is 12.0 Å². The molecule has 0 saturated heterocycles. The molecule has 1 aromatic heterocycles. The first-order valence-corrected chi connectivity index (χ1v) is 5.67. The Balaban J connectivity index is 2.77. The summed E-state index contributed by atoms with van der Waals surface area (Å²) in [7, 11) is 0. The van der Waals surface area contributed by atoms with Crippen LogP contribution in [0.15, 0.2) is 24.4 Å². The summed E-state index contributed by atoms with van der Waals surface area (Å²) < 4.78 is 0. The van der Waals surface area contributed by atoms with Gasteiger partial charge in [-0.1, -0.05) is 6.07 Å². The second-order valence-electron chi connectivity index (χ2n) is 2.54. The number of hydrogen-bond donors (Lipinski definition) is 1. The van der Waals surface area contributed by atoms with E-state index in [1.807, 2.05) is 24.5 Å². The number of rotatable bonds is 4. The number of carbonyl (C=O) groups is 1. The van der Waals surface area contributed by atoms with Crippen molar-refractivity contribution < 1.29 is 4.79 Å². The van der Waals surface area contributed by atoms with Crippen LogP contribution >= 0.6 is 24.4 Å². The quantitative estimate of drug-likeness (QED) is 0.613.